The molecule has 0 aliphatic rings. The van der Waals surface area contributed by atoms with E-state index in [0.717, 1.165) is 12.8 Å². The number of ether oxygens (including phenoxy) is 1. The van der Waals surface area contributed by atoms with Gasteiger partial charge < -0.3 is 25.4 Å². The monoisotopic (exact) mass is 477 g/mol. The van der Waals surface area contributed by atoms with E-state index in [1.54, 1.807) is 52.8 Å². The summed E-state index contributed by atoms with van der Waals surface area (Å²) in [5, 5.41) is 16.4. The number of para-hydroxylation sites is 1. The Balaban J connectivity index is 3.42. The first-order chi connectivity index (χ1) is 15.7. The van der Waals surface area contributed by atoms with E-state index in [4.69, 9.17) is 4.74 Å². The minimum Gasteiger partial charge on any atom is -0.507 e. The van der Waals surface area contributed by atoms with Gasteiger partial charge in [0.15, 0.2) is 0 Å². The first-order valence-corrected chi connectivity index (χ1v) is 12.1. The molecule has 1 aromatic carbocycles. The molecule has 0 aromatic heterocycles. The van der Waals surface area contributed by atoms with Crippen molar-refractivity contribution in [3.8, 4) is 5.75 Å². The first-order valence-electron chi connectivity index (χ1n) is 12.1. The summed E-state index contributed by atoms with van der Waals surface area (Å²) >= 11 is 0. The second-order valence-electron chi connectivity index (χ2n) is 10.1. The zero-order chi connectivity index (χ0) is 26.2. The number of aryl methyl sites for hydroxylation is 1. The average molecular weight is 478 g/mol. The number of likely N-dealkylation sites (N-methyl/N-ethyl adjacent to an activating group) is 1. The van der Waals surface area contributed by atoms with E-state index in [9.17, 15) is 19.5 Å². The Labute approximate surface area is 204 Å². The van der Waals surface area contributed by atoms with Crippen molar-refractivity contribution in [1.29, 1.82) is 0 Å². The maximum atomic E-state index is 13.7. The number of carbonyl (C=O) groups excluding carboxylic acids is 3. The molecule has 0 aliphatic carbocycles. The van der Waals surface area contributed by atoms with Crippen LogP contribution in [-0.4, -0.2) is 52.1 Å². The number of phenols is 1. The quantitative estimate of drug-likeness (QED) is 0.462. The molecule has 3 unspecified atom stereocenters. The van der Waals surface area contributed by atoms with Crippen molar-refractivity contribution in [2.75, 3.05) is 6.54 Å². The lowest BCUT2D eigenvalue weighted by atomic mass is 9.97. The van der Waals surface area contributed by atoms with Gasteiger partial charge in [-0.1, -0.05) is 45.4 Å². The van der Waals surface area contributed by atoms with Crippen molar-refractivity contribution >= 4 is 17.9 Å². The topological polar surface area (TPSA) is 108 Å². The van der Waals surface area contributed by atoms with E-state index >= 15 is 0 Å². The van der Waals surface area contributed by atoms with Crippen LogP contribution in [0.25, 0.3) is 0 Å². The predicted octanol–water partition coefficient (Wildman–Crippen LogP) is 4.44. The predicted molar refractivity (Wildman–Crippen MR) is 133 cm³/mol. The van der Waals surface area contributed by atoms with Crippen LogP contribution in [-0.2, 0) is 14.3 Å². The number of hydrogen-bond donors (Lipinski definition) is 3. The molecule has 0 saturated carbocycles. The van der Waals surface area contributed by atoms with Gasteiger partial charge in [-0.15, -0.1) is 0 Å². The molecule has 3 atom stereocenters. The fourth-order valence-corrected chi connectivity index (χ4v) is 3.77. The number of benzene rings is 1. The molecular formula is C26H43N3O5. The molecular weight excluding hydrogens is 434 g/mol. The molecule has 0 aliphatic heterocycles. The third-order valence-corrected chi connectivity index (χ3v) is 5.46. The molecule has 8 heteroatoms. The summed E-state index contributed by atoms with van der Waals surface area (Å²) in [5.74, 6) is -1.09. The van der Waals surface area contributed by atoms with E-state index in [2.05, 4.69) is 10.6 Å². The van der Waals surface area contributed by atoms with E-state index < -0.39 is 29.7 Å². The molecule has 0 radical (unpaired) electrons. The number of aromatic hydroxyl groups is 1. The van der Waals surface area contributed by atoms with E-state index in [1.807, 2.05) is 27.7 Å². The van der Waals surface area contributed by atoms with Gasteiger partial charge in [-0.3, -0.25) is 9.59 Å². The fourth-order valence-electron chi connectivity index (χ4n) is 3.77. The number of nitrogens with one attached hydrogen (secondary N) is 2. The lowest BCUT2D eigenvalue weighted by Crippen LogP contribution is -2.55. The molecule has 3 amide bonds. The van der Waals surface area contributed by atoms with Crippen molar-refractivity contribution in [3.05, 3.63) is 29.3 Å². The molecule has 8 nitrogen and oxygen atoms in total. The molecule has 192 valence electrons. The molecule has 34 heavy (non-hydrogen) atoms. The van der Waals surface area contributed by atoms with Crippen molar-refractivity contribution in [1.82, 2.24) is 15.5 Å². The maximum absolute atomic E-state index is 13.7. The summed E-state index contributed by atoms with van der Waals surface area (Å²) in [6.45, 7) is 16.5. The molecule has 0 spiro atoms. The van der Waals surface area contributed by atoms with Crippen LogP contribution in [0.1, 0.15) is 85.4 Å². The SMILES string of the molecule is CCCC(C)NC(=O)C(c1cccc(C)c1O)N(CC)C(=O)C(NC(=O)OC(C)(C)C)C(C)C. The molecule has 0 bridgehead atoms. The van der Waals surface area contributed by atoms with Crippen molar-refractivity contribution < 1.29 is 24.2 Å². The Hall–Kier alpha value is -2.77. The Kier molecular flexibility index (Phi) is 10.9. The van der Waals surface area contributed by atoms with Crippen LogP contribution in [0.2, 0.25) is 0 Å². The zero-order valence-corrected chi connectivity index (χ0v) is 22.2. The third-order valence-electron chi connectivity index (χ3n) is 5.46. The lowest BCUT2D eigenvalue weighted by molar-refractivity contribution is -0.143. The standard InChI is InChI=1S/C26H43N3O5/c1-10-13-18(6)27-23(31)21(19-15-12-14-17(5)22(19)30)29(11-2)24(32)20(16(3)4)28-25(33)34-26(7,8)9/h12,14-16,18,20-21,30H,10-11,13H2,1-9H3,(H,27,31)(H,28,33). The maximum Gasteiger partial charge on any atom is 0.408 e. The summed E-state index contributed by atoms with van der Waals surface area (Å²) in [7, 11) is 0. The molecule has 1 aromatic rings. The second-order valence-corrected chi connectivity index (χ2v) is 10.1. The van der Waals surface area contributed by atoms with Crippen LogP contribution >= 0.6 is 0 Å². The van der Waals surface area contributed by atoms with Gasteiger partial charge in [0.1, 0.15) is 23.4 Å². The highest BCUT2D eigenvalue weighted by molar-refractivity contribution is 5.92. The van der Waals surface area contributed by atoms with Crippen LogP contribution in [0.3, 0.4) is 0 Å². The minimum atomic E-state index is -1.06. The fraction of sp³-hybridized carbons (Fsp3) is 0.654. The van der Waals surface area contributed by atoms with E-state index in [0.29, 0.717) is 11.1 Å². The van der Waals surface area contributed by atoms with Crippen LogP contribution in [0.5, 0.6) is 5.75 Å². The summed E-state index contributed by atoms with van der Waals surface area (Å²) in [6.07, 6.45) is 0.979. The Morgan fingerprint density at radius 2 is 1.71 bits per heavy atom. The van der Waals surface area contributed by atoms with Gasteiger partial charge in [0, 0.05) is 18.2 Å². The highest BCUT2D eigenvalue weighted by Gasteiger charge is 2.38. The largest absolute Gasteiger partial charge is 0.507 e. The van der Waals surface area contributed by atoms with E-state index in [1.165, 1.54) is 4.90 Å². The summed E-state index contributed by atoms with van der Waals surface area (Å²) in [4.78, 5) is 41.1. The van der Waals surface area contributed by atoms with Crippen LogP contribution in [0, 0.1) is 12.8 Å². The third kappa shape index (κ3) is 8.22. The Morgan fingerprint density at radius 1 is 1.09 bits per heavy atom. The van der Waals surface area contributed by atoms with Gasteiger partial charge in [0.05, 0.1) is 0 Å². The second kappa shape index (κ2) is 12.6. The normalized spacial score (nSPS) is 14.2. The average Bonchev–Trinajstić information content (AvgIpc) is 2.70. The van der Waals surface area contributed by atoms with Crippen molar-refractivity contribution in [2.45, 2.75) is 98.9 Å². The van der Waals surface area contributed by atoms with Crippen molar-refractivity contribution in [3.63, 3.8) is 0 Å². The van der Waals surface area contributed by atoms with Crippen LogP contribution in [0.15, 0.2) is 18.2 Å². The molecule has 1 rings (SSSR count). The van der Waals surface area contributed by atoms with Crippen LogP contribution < -0.4 is 10.6 Å². The molecule has 3 N–H and O–H groups in total. The summed E-state index contributed by atoms with van der Waals surface area (Å²) in [5.41, 5.74) is 0.230. The highest BCUT2D eigenvalue weighted by Crippen LogP contribution is 2.32. The lowest BCUT2D eigenvalue weighted by Gasteiger charge is -2.35. The van der Waals surface area contributed by atoms with E-state index in [-0.39, 0.29) is 30.2 Å². The Bertz CT molecular complexity index is 847. The Morgan fingerprint density at radius 3 is 2.21 bits per heavy atom. The molecule has 0 fully saturated rings. The number of alkyl carbamates (subject to hydrolysis) is 1. The van der Waals surface area contributed by atoms with Gasteiger partial charge in [0.2, 0.25) is 11.8 Å². The van der Waals surface area contributed by atoms with Crippen LogP contribution in [0.4, 0.5) is 4.79 Å². The summed E-state index contributed by atoms with van der Waals surface area (Å²) in [6, 6.07) is 3.08. The number of carbonyl (C=O) groups is 3. The number of nitrogens with zero attached hydrogens (tertiary/aromatic N) is 1. The van der Waals surface area contributed by atoms with Crippen molar-refractivity contribution in [2.24, 2.45) is 5.92 Å². The van der Waals surface area contributed by atoms with Gasteiger partial charge in [0.25, 0.3) is 0 Å². The summed E-state index contributed by atoms with van der Waals surface area (Å²) < 4.78 is 5.35. The number of hydrogen-bond acceptors (Lipinski definition) is 5. The van der Waals surface area contributed by atoms with Gasteiger partial charge >= 0.3 is 6.09 Å². The molecule has 0 heterocycles. The molecule has 0 saturated heterocycles. The smallest absolute Gasteiger partial charge is 0.408 e. The van der Waals surface area contributed by atoms with Gasteiger partial charge in [-0.2, -0.15) is 0 Å². The number of phenolic OH excluding ortho intramolecular Hbond substituents is 1. The number of rotatable bonds is 10. The zero-order valence-electron chi connectivity index (χ0n) is 22.2. The first kappa shape index (κ1) is 29.3. The number of amides is 3. The highest BCUT2D eigenvalue weighted by atomic mass is 16.6. The van der Waals surface area contributed by atoms with Gasteiger partial charge in [-0.25, -0.2) is 4.79 Å². The minimum absolute atomic E-state index is 0.0294. The van der Waals surface area contributed by atoms with Gasteiger partial charge in [-0.05, 0) is 59.4 Å².